The van der Waals surface area contributed by atoms with Gasteiger partial charge in [0.2, 0.25) is 5.89 Å². The quantitative estimate of drug-likeness (QED) is 0.507. The zero-order valence-electron chi connectivity index (χ0n) is 12.8. The number of ether oxygens (including phenoxy) is 1. The van der Waals surface area contributed by atoms with Crippen LogP contribution in [0.15, 0.2) is 59.0 Å². The molecule has 0 amide bonds. The summed E-state index contributed by atoms with van der Waals surface area (Å²) in [5.74, 6) is -0.283. The highest BCUT2D eigenvalue weighted by Gasteiger charge is 2.15. The van der Waals surface area contributed by atoms with E-state index >= 15 is 0 Å². The average Bonchev–Trinajstić information content (AvgIpc) is 3.27. The Morgan fingerprint density at radius 3 is 2.80 bits per heavy atom. The number of carbonyl (C=O) groups is 1. The zero-order chi connectivity index (χ0) is 17.2. The molecular weight excluding hydrogens is 343 g/mol. The van der Waals surface area contributed by atoms with Gasteiger partial charge < -0.3 is 9.15 Å². The lowest BCUT2D eigenvalue weighted by atomic mass is 10.2. The Balaban J connectivity index is 1.45. The van der Waals surface area contributed by atoms with Crippen LogP contribution in [0.4, 0.5) is 4.39 Å². The summed E-state index contributed by atoms with van der Waals surface area (Å²) >= 11 is 1.24. The molecule has 4 rings (SSSR count). The Bertz CT molecular complexity index is 1040. The monoisotopic (exact) mass is 354 g/mol. The molecule has 0 unspecified atom stereocenters. The summed E-state index contributed by atoms with van der Waals surface area (Å²) in [4.78, 5) is 12.5. The largest absolute Gasteiger partial charge is 0.451 e. The van der Waals surface area contributed by atoms with Crippen molar-refractivity contribution in [3.05, 3.63) is 71.2 Å². The van der Waals surface area contributed by atoms with E-state index in [0.717, 1.165) is 10.3 Å². The number of aromatic nitrogens is 2. The first-order valence-electron chi connectivity index (χ1n) is 7.43. The van der Waals surface area contributed by atoms with E-state index in [1.165, 1.54) is 23.5 Å². The SMILES string of the molecule is O=C(OCc1nnc(-c2ccccc2)o1)c1cc2cc(F)ccc2s1. The van der Waals surface area contributed by atoms with Crippen LogP contribution < -0.4 is 0 Å². The number of fused-ring (bicyclic) bond motifs is 1. The third-order valence-corrected chi connectivity index (χ3v) is 4.59. The van der Waals surface area contributed by atoms with Gasteiger partial charge in [-0.05, 0) is 41.8 Å². The van der Waals surface area contributed by atoms with Gasteiger partial charge in [0.15, 0.2) is 6.61 Å². The summed E-state index contributed by atoms with van der Waals surface area (Å²) in [5.41, 5.74) is 0.791. The molecule has 0 fully saturated rings. The van der Waals surface area contributed by atoms with Crippen molar-refractivity contribution in [2.75, 3.05) is 0 Å². The molecule has 25 heavy (non-hydrogen) atoms. The van der Waals surface area contributed by atoms with Crippen molar-refractivity contribution in [2.24, 2.45) is 0 Å². The molecule has 0 saturated heterocycles. The predicted octanol–water partition coefficient (Wildman–Crippen LogP) is 4.45. The fraction of sp³-hybridized carbons (Fsp3) is 0.0556. The molecule has 2 aromatic heterocycles. The number of hydrogen-bond acceptors (Lipinski definition) is 6. The Morgan fingerprint density at radius 2 is 1.96 bits per heavy atom. The van der Waals surface area contributed by atoms with Crippen molar-refractivity contribution < 1.29 is 18.3 Å². The highest BCUT2D eigenvalue weighted by Crippen LogP contribution is 2.27. The van der Waals surface area contributed by atoms with Gasteiger partial charge in [0, 0.05) is 10.3 Å². The van der Waals surface area contributed by atoms with Gasteiger partial charge in [-0.3, -0.25) is 0 Å². The number of halogens is 1. The predicted molar refractivity (Wildman–Crippen MR) is 90.6 cm³/mol. The maximum Gasteiger partial charge on any atom is 0.348 e. The van der Waals surface area contributed by atoms with Gasteiger partial charge in [-0.2, -0.15) is 0 Å². The van der Waals surface area contributed by atoms with Crippen molar-refractivity contribution in [1.82, 2.24) is 10.2 Å². The molecule has 124 valence electrons. The minimum atomic E-state index is -0.513. The van der Waals surface area contributed by atoms with E-state index in [0.29, 0.717) is 16.2 Å². The first-order valence-corrected chi connectivity index (χ1v) is 8.25. The number of esters is 1. The number of benzene rings is 2. The lowest BCUT2D eigenvalue weighted by Gasteiger charge is -1.98. The molecule has 2 heterocycles. The van der Waals surface area contributed by atoms with Crippen molar-refractivity contribution in [3.8, 4) is 11.5 Å². The molecule has 0 spiro atoms. The van der Waals surface area contributed by atoms with Gasteiger partial charge in [-0.15, -0.1) is 21.5 Å². The average molecular weight is 354 g/mol. The topological polar surface area (TPSA) is 65.2 Å². The van der Waals surface area contributed by atoms with Crippen LogP contribution in [0.5, 0.6) is 0 Å². The molecular formula is C18H11FN2O3S. The van der Waals surface area contributed by atoms with Crippen LogP contribution in [-0.4, -0.2) is 16.2 Å². The number of rotatable bonds is 4. The van der Waals surface area contributed by atoms with E-state index in [2.05, 4.69) is 10.2 Å². The number of nitrogens with zero attached hydrogens (tertiary/aromatic N) is 2. The summed E-state index contributed by atoms with van der Waals surface area (Å²) in [6, 6.07) is 15.3. The summed E-state index contributed by atoms with van der Waals surface area (Å²) in [7, 11) is 0. The van der Waals surface area contributed by atoms with Crippen LogP contribution in [0.2, 0.25) is 0 Å². The van der Waals surface area contributed by atoms with Gasteiger partial charge in [-0.1, -0.05) is 18.2 Å². The Hall–Kier alpha value is -3.06. The summed E-state index contributed by atoms with van der Waals surface area (Å²) < 4.78 is 24.7. The van der Waals surface area contributed by atoms with Crippen LogP contribution in [0.25, 0.3) is 21.5 Å². The molecule has 0 bridgehead atoms. The second-order valence-corrected chi connectivity index (χ2v) is 6.32. The zero-order valence-corrected chi connectivity index (χ0v) is 13.6. The molecule has 0 radical (unpaired) electrons. The van der Waals surface area contributed by atoms with Crippen molar-refractivity contribution in [2.45, 2.75) is 6.61 Å². The van der Waals surface area contributed by atoms with Crippen molar-refractivity contribution in [1.29, 1.82) is 0 Å². The second-order valence-electron chi connectivity index (χ2n) is 5.24. The molecule has 2 aromatic carbocycles. The van der Waals surface area contributed by atoms with Gasteiger partial charge in [0.25, 0.3) is 5.89 Å². The molecule has 7 heteroatoms. The van der Waals surface area contributed by atoms with Gasteiger partial charge in [0.1, 0.15) is 10.7 Å². The number of thiophene rings is 1. The first kappa shape index (κ1) is 15.5. The van der Waals surface area contributed by atoms with E-state index in [1.807, 2.05) is 30.3 Å². The highest BCUT2D eigenvalue weighted by molar-refractivity contribution is 7.20. The molecule has 0 N–H and O–H groups in total. The van der Waals surface area contributed by atoms with Gasteiger partial charge in [-0.25, -0.2) is 9.18 Å². The van der Waals surface area contributed by atoms with E-state index in [4.69, 9.17) is 9.15 Å². The summed E-state index contributed by atoms with van der Waals surface area (Å²) in [5, 5.41) is 8.47. The summed E-state index contributed by atoms with van der Waals surface area (Å²) in [6.07, 6.45) is 0. The van der Waals surface area contributed by atoms with E-state index in [9.17, 15) is 9.18 Å². The maximum absolute atomic E-state index is 13.2. The minimum Gasteiger partial charge on any atom is -0.451 e. The fourth-order valence-electron chi connectivity index (χ4n) is 2.32. The molecule has 0 saturated carbocycles. The fourth-order valence-corrected chi connectivity index (χ4v) is 3.26. The third kappa shape index (κ3) is 3.27. The molecule has 5 nitrogen and oxygen atoms in total. The van der Waals surface area contributed by atoms with Crippen LogP contribution in [0, 0.1) is 5.82 Å². The minimum absolute atomic E-state index is 0.124. The third-order valence-electron chi connectivity index (χ3n) is 3.49. The normalized spacial score (nSPS) is 10.9. The van der Waals surface area contributed by atoms with Crippen molar-refractivity contribution >= 4 is 27.4 Å². The number of hydrogen-bond donors (Lipinski definition) is 0. The van der Waals surface area contributed by atoms with Crippen molar-refractivity contribution in [3.63, 3.8) is 0 Å². The first-order chi connectivity index (χ1) is 12.2. The van der Waals surface area contributed by atoms with Crippen LogP contribution in [0.1, 0.15) is 15.6 Å². The maximum atomic E-state index is 13.2. The van der Waals surface area contributed by atoms with Crippen LogP contribution >= 0.6 is 11.3 Å². The number of carbonyl (C=O) groups excluding carboxylic acids is 1. The Morgan fingerprint density at radius 1 is 1.12 bits per heavy atom. The highest BCUT2D eigenvalue weighted by atomic mass is 32.1. The summed E-state index contributed by atoms with van der Waals surface area (Å²) in [6.45, 7) is -0.124. The molecule has 0 atom stereocenters. The Labute approximate surface area is 145 Å². The lowest BCUT2D eigenvalue weighted by molar-refractivity contribution is 0.0444. The van der Waals surface area contributed by atoms with E-state index < -0.39 is 5.97 Å². The smallest absolute Gasteiger partial charge is 0.348 e. The standard InChI is InChI=1S/C18H11FN2O3S/c19-13-6-7-14-12(8-13)9-15(25-14)18(22)23-10-16-20-21-17(24-16)11-4-2-1-3-5-11/h1-9H,10H2. The van der Waals surface area contributed by atoms with Gasteiger partial charge in [0.05, 0.1) is 0 Å². The van der Waals surface area contributed by atoms with Gasteiger partial charge >= 0.3 is 5.97 Å². The molecule has 0 aliphatic rings. The van der Waals surface area contributed by atoms with E-state index in [-0.39, 0.29) is 18.3 Å². The molecule has 0 aliphatic heterocycles. The Kier molecular flexibility index (Phi) is 3.99. The lowest BCUT2D eigenvalue weighted by Crippen LogP contribution is -2.03. The molecule has 0 aliphatic carbocycles. The molecule has 4 aromatic rings. The second kappa shape index (κ2) is 6.45. The van der Waals surface area contributed by atoms with Crippen LogP contribution in [0.3, 0.4) is 0 Å². The van der Waals surface area contributed by atoms with Crippen LogP contribution in [-0.2, 0) is 11.3 Å². The van der Waals surface area contributed by atoms with E-state index in [1.54, 1.807) is 12.1 Å².